The predicted octanol–water partition coefficient (Wildman–Crippen LogP) is 1.51. The summed E-state index contributed by atoms with van der Waals surface area (Å²) >= 11 is 3.36. The summed E-state index contributed by atoms with van der Waals surface area (Å²) < 4.78 is 0.816. The second kappa shape index (κ2) is 4.45. The highest BCUT2D eigenvalue weighted by Gasteiger charge is 2.18. The first-order valence-electron chi connectivity index (χ1n) is 5.09. The summed E-state index contributed by atoms with van der Waals surface area (Å²) in [5, 5.41) is 9.41. The number of aliphatic hydroxyl groups excluding tert-OH is 1. The molecular weight excluding hydrogens is 258 g/mol. The van der Waals surface area contributed by atoms with Gasteiger partial charge in [0.2, 0.25) is 0 Å². The predicted molar refractivity (Wildman–Crippen MR) is 61.9 cm³/mol. The van der Waals surface area contributed by atoms with Crippen LogP contribution in [0.25, 0.3) is 0 Å². The quantitative estimate of drug-likeness (QED) is 0.787. The van der Waals surface area contributed by atoms with Gasteiger partial charge in [-0.2, -0.15) is 0 Å². The molecule has 0 saturated carbocycles. The lowest BCUT2D eigenvalue weighted by molar-refractivity contribution is 0.145. The zero-order chi connectivity index (χ0) is 10.8. The number of halogens is 1. The molecule has 5 heteroatoms. The minimum atomic E-state index is -0.146. The van der Waals surface area contributed by atoms with Crippen LogP contribution in [0.1, 0.15) is 18.7 Å². The lowest BCUT2D eigenvalue weighted by atomic mass is 10.1. The molecule has 0 aliphatic carbocycles. The van der Waals surface area contributed by atoms with Gasteiger partial charge in [-0.15, -0.1) is 0 Å². The van der Waals surface area contributed by atoms with Crippen molar-refractivity contribution < 1.29 is 5.11 Å². The average molecular weight is 272 g/mol. The Kier molecular flexibility index (Phi) is 3.21. The standard InChI is InChI=1S/C10H14BrN3O/c1-7-12-9(11)6-10(13-7)14-4-2-8(15)3-5-14/h6,8,15H,2-5H2,1H3. The van der Waals surface area contributed by atoms with Crippen LogP contribution in [0, 0.1) is 6.92 Å². The molecule has 15 heavy (non-hydrogen) atoms. The fraction of sp³-hybridized carbons (Fsp3) is 0.600. The van der Waals surface area contributed by atoms with Crippen LogP contribution >= 0.6 is 15.9 Å². The van der Waals surface area contributed by atoms with E-state index in [4.69, 9.17) is 0 Å². The van der Waals surface area contributed by atoms with Crippen molar-refractivity contribution in [3.8, 4) is 0 Å². The van der Waals surface area contributed by atoms with Gasteiger partial charge >= 0.3 is 0 Å². The highest BCUT2D eigenvalue weighted by molar-refractivity contribution is 9.10. The SMILES string of the molecule is Cc1nc(Br)cc(N2CCC(O)CC2)n1. The molecular formula is C10H14BrN3O. The Bertz CT molecular complexity index is 330. The molecule has 82 valence electrons. The summed E-state index contributed by atoms with van der Waals surface area (Å²) in [6, 6.07) is 1.92. The maximum absolute atomic E-state index is 9.41. The highest BCUT2D eigenvalue weighted by atomic mass is 79.9. The van der Waals surface area contributed by atoms with Crippen molar-refractivity contribution in [3.63, 3.8) is 0 Å². The monoisotopic (exact) mass is 271 g/mol. The molecule has 4 nitrogen and oxygen atoms in total. The summed E-state index contributed by atoms with van der Waals surface area (Å²) in [6.45, 7) is 3.61. The van der Waals surface area contributed by atoms with E-state index in [1.165, 1.54) is 0 Å². The Morgan fingerprint density at radius 2 is 2.07 bits per heavy atom. The van der Waals surface area contributed by atoms with E-state index < -0.39 is 0 Å². The smallest absolute Gasteiger partial charge is 0.133 e. The number of aryl methyl sites for hydroxylation is 1. The van der Waals surface area contributed by atoms with Crippen LogP contribution in [0.5, 0.6) is 0 Å². The van der Waals surface area contributed by atoms with Gasteiger partial charge in [-0.25, -0.2) is 9.97 Å². The van der Waals surface area contributed by atoms with Crippen LogP contribution in [0.4, 0.5) is 5.82 Å². The van der Waals surface area contributed by atoms with Crippen molar-refractivity contribution >= 4 is 21.7 Å². The molecule has 2 rings (SSSR count). The largest absolute Gasteiger partial charge is 0.393 e. The maximum atomic E-state index is 9.41. The van der Waals surface area contributed by atoms with Crippen LogP contribution < -0.4 is 4.90 Å². The number of hydrogen-bond donors (Lipinski definition) is 1. The zero-order valence-electron chi connectivity index (χ0n) is 8.65. The second-order valence-electron chi connectivity index (χ2n) is 3.81. The number of rotatable bonds is 1. The van der Waals surface area contributed by atoms with Crippen LogP contribution in [0.15, 0.2) is 10.7 Å². The molecule has 1 aromatic heterocycles. The zero-order valence-corrected chi connectivity index (χ0v) is 10.2. The lowest BCUT2D eigenvalue weighted by Gasteiger charge is -2.30. The molecule has 0 radical (unpaired) electrons. The molecule has 1 saturated heterocycles. The highest BCUT2D eigenvalue weighted by Crippen LogP contribution is 2.20. The van der Waals surface area contributed by atoms with E-state index >= 15 is 0 Å². The minimum Gasteiger partial charge on any atom is -0.393 e. The first-order chi connectivity index (χ1) is 7.15. The van der Waals surface area contributed by atoms with Crippen LogP contribution in [-0.2, 0) is 0 Å². The Balaban J connectivity index is 2.15. The Morgan fingerprint density at radius 3 is 2.67 bits per heavy atom. The van der Waals surface area contributed by atoms with Crippen molar-refractivity contribution in [2.45, 2.75) is 25.9 Å². The Labute approximate surface area is 97.5 Å². The molecule has 0 spiro atoms. The summed E-state index contributed by atoms with van der Waals surface area (Å²) in [5.41, 5.74) is 0. The van der Waals surface area contributed by atoms with Gasteiger partial charge in [-0.3, -0.25) is 0 Å². The molecule has 1 fully saturated rings. The number of anilines is 1. The van der Waals surface area contributed by atoms with Gasteiger partial charge in [-0.1, -0.05) is 0 Å². The topological polar surface area (TPSA) is 49.2 Å². The fourth-order valence-electron chi connectivity index (χ4n) is 1.77. The molecule has 0 bridgehead atoms. The van der Waals surface area contributed by atoms with Gasteiger partial charge < -0.3 is 10.0 Å². The van der Waals surface area contributed by atoms with Crippen molar-refractivity contribution in [1.29, 1.82) is 0 Å². The number of aliphatic hydroxyl groups is 1. The Morgan fingerprint density at radius 1 is 1.40 bits per heavy atom. The molecule has 0 aromatic carbocycles. The van der Waals surface area contributed by atoms with E-state index in [1.54, 1.807) is 0 Å². The summed E-state index contributed by atoms with van der Waals surface area (Å²) in [6.07, 6.45) is 1.49. The van der Waals surface area contributed by atoms with Crippen LogP contribution in [0.2, 0.25) is 0 Å². The average Bonchev–Trinajstić information content (AvgIpc) is 2.17. The van der Waals surface area contributed by atoms with E-state index in [9.17, 15) is 5.11 Å². The van der Waals surface area contributed by atoms with Gasteiger partial charge in [0, 0.05) is 19.2 Å². The number of hydrogen-bond acceptors (Lipinski definition) is 4. The van der Waals surface area contributed by atoms with Gasteiger partial charge in [-0.05, 0) is 35.7 Å². The van der Waals surface area contributed by atoms with Crippen molar-refractivity contribution in [3.05, 3.63) is 16.5 Å². The lowest BCUT2D eigenvalue weighted by Crippen LogP contribution is -2.36. The number of nitrogens with zero attached hydrogens (tertiary/aromatic N) is 3. The van der Waals surface area contributed by atoms with Crippen LogP contribution in [-0.4, -0.2) is 34.3 Å². The summed E-state index contributed by atoms with van der Waals surface area (Å²) in [7, 11) is 0. The third-order valence-electron chi connectivity index (χ3n) is 2.58. The van der Waals surface area contributed by atoms with Crippen LogP contribution in [0.3, 0.4) is 0 Å². The first-order valence-corrected chi connectivity index (χ1v) is 5.88. The van der Waals surface area contributed by atoms with E-state index in [-0.39, 0.29) is 6.10 Å². The van der Waals surface area contributed by atoms with E-state index in [0.717, 1.165) is 42.2 Å². The normalized spacial score (nSPS) is 18.2. The molecule has 2 heterocycles. The van der Waals surface area contributed by atoms with Gasteiger partial charge in [0.15, 0.2) is 0 Å². The molecule has 1 aliphatic heterocycles. The summed E-state index contributed by atoms with van der Waals surface area (Å²) in [4.78, 5) is 10.7. The van der Waals surface area contributed by atoms with Gasteiger partial charge in [0.1, 0.15) is 16.2 Å². The molecule has 0 unspecified atom stereocenters. The second-order valence-corrected chi connectivity index (χ2v) is 4.63. The molecule has 1 aliphatic rings. The summed E-state index contributed by atoms with van der Waals surface area (Å²) in [5.74, 6) is 1.71. The first kappa shape index (κ1) is 10.8. The van der Waals surface area contributed by atoms with Crippen molar-refractivity contribution in [2.75, 3.05) is 18.0 Å². The molecule has 1 aromatic rings. The van der Waals surface area contributed by atoms with E-state index in [1.807, 2.05) is 13.0 Å². The third-order valence-corrected chi connectivity index (χ3v) is 2.99. The van der Waals surface area contributed by atoms with Gasteiger partial charge in [0.25, 0.3) is 0 Å². The third kappa shape index (κ3) is 2.66. The fourth-order valence-corrected chi connectivity index (χ4v) is 2.23. The minimum absolute atomic E-state index is 0.146. The maximum Gasteiger partial charge on any atom is 0.133 e. The van der Waals surface area contributed by atoms with Crippen molar-refractivity contribution in [2.24, 2.45) is 0 Å². The number of aromatic nitrogens is 2. The molecule has 0 atom stereocenters. The van der Waals surface area contributed by atoms with E-state index in [2.05, 4.69) is 30.8 Å². The van der Waals surface area contributed by atoms with Crippen molar-refractivity contribution in [1.82, 2.24) is 9.97 Å². The molecule has 0 amide bonds. The Hall–Kier alpha value is -0.680. The van der Waals surface area contributed by atoms with Gasteiger partial charge in [0.05, 0.1) is 6.10 Å². The van der Waals surface area contributed by atoms with E-state index in [0.29, 0.717) is 0 Å². The number of piperidine rings is 1. The molecule has 1 N–H and O–H groups in total.